The molecule has 0 atom stereocenters. The third-order valence-electron chi connectivity index (χ3n) is 3.70. The molecule has 2 aromatic carbocycles. The normalized spacial score (nSPS) is 15.3. The Bertz CT molecular complexity index is 749. The van der Waals surface area contributed by atoms with Crippen molar-refractivity contribution in [2.45, 2.75) is 18.0 Å². The van der Waals surface area contributed by atoms with Crippen molar-refractivity contribution in [1.82, 2.24) is 4.90 Å². The lowest BCUT2D eigenvalue weighted by molar-refractivity contribution is 0.353. The highest BCUT2D eigenvalue weighted by molar-refractivity contribution is 7.90. The van der Waals surface area contributed by atoms with Crippen LogP contribution in [0.15, 0.2) is 47.4 Å². The number of benzene rings is 2. The van der Waals surface area contributed by atoms with Crippen molar-refractivity contribution in [2.75, 3.05) is 13.3 Å². The zero-order chi connectivity index (χ0) is 14.3. The van der Waals surface area contributed by atoms with Crippen LogP contribution in [-0.4, -0.2) is 26.6 Å². The second-order valence-electron chi connectivity index (χ2n) is 5.45. The molecule has 0 unspecified atom stereocenters. The van der Waals surface area contributed by atoms with Gasteiger partial charge >= 0.3 is 0 Å². The monoisotopic (exact) mass is 287 g/mol. The molecule has 0 amide bonds. The van der Waals surface area contributed by atoms with Crippen LogP contribution in [0.25, 0.3) is 11.1 Å². The molecule has 3 nitrogen and oxygen atoms in total. The highest BCUT2D eigenvalue weighted by Crippen LogP contribution is 2.28. The second kappa shape index (κ2) is 4.72. The van der Waals surface area contributed by atoms with Crippen LogP contribution in [0.4, 0.5) is 0 Å². The Kier molecular flexibility index (Phi) is 3.15. The van der Waals surface area contributed by atoms with Gasteiger partial charge in [-0.05, 0) is 47.5 Å². The second-order valence-corrected chi connectivity index (χ2v) is 7.47. The molecule has 0 aliphatic carbocycles. The lowest BCUT2D eigenvalue weighted by Crippen LogP contribution is -2.07. The van der Waals surface area contributed by atoms with Gasteiger partial charge in [-0.25, -0.2) is 8.42 Å². The van der Waals surface area contributed by atoms with Crippen LogP contribution >= 0.6 is 0 Å². The van der Waals surface area contributed by atoms with Crippen LogP contribution < -0.4 is 0 Å². The van der Waals surface area contributed by atoms with Crippen molar-refractivity contribution in [2.24, 2.45) is 0 Å². The lowest BCUT2D eigenvalue weighted by Gasteiger charge is -2.06. The molecule has 0 saturated heterocycles. The third kappa shape index (κ3) is 2.49. The largest absolute Gasteiger partial charge is 0.298 e. The van der Waals surface area contributed by atoms with Gasteiger partial charge < -0.3 is 0 Å². The van der Waals surface area contributed by atoms with Crippen molar-refractivity contribution in [1.29, 1.82) is 0 Å². The number of rotatable bonds is 2. The van der Waals surface area contributed by atoms with E-state index in [2.05, 4.69) is 30.1 Å². The molecule has 1 aliphatic heterocycles. The van der Waals surface area contributed by atoms with Crippen LogP contribution in [0.3, 0.4) is 0 Å². The van der Waals surface area contributed by atoms with E-state index in [9.17, 15) is 8.42 Å². The number of fused-ring (bicyclic) bond motifs is 1. The molecule has 104 valence electrons. The summed E-state index contributed by atoms with van der Waals surface area (Å²) in [5.41, 5.74) is 4.93. The quantitative estimate of drug-likeness (QED) is 0.852. The minimum absolute atomic E-state index is 0.363. The standard InChI is InChI=1S/C16H17NO2S/c1-17-10-14-4-3-13(9-15(14)11-17)12-5-7-16(8-6-12)20(2,18)19/h3-9H,10-11H2,1-2H3. The molecule has 1 heterocycles. The van der Waals surface area contributed by atoms with Gasteiger partial charge in [0.05, 0.1) is 4.90 Å². The fourth-order valence-corrected chi connectivity index (χ4v) is 3.27. The highest BCUT2D eigenvalue weighted by atomic mass is 32.2. The van der Waals surface area contributed by atoms with Crippen LogP contribution in [0.5, 0.6) is 0 Å². The van der Waals surface area contributed by atoms with Gasteiger partial charge in [-0.15, -0.1) is 0 Å². The summed E-state index contributed by atoms with van der Waals surface area (Å²) in [6.45, 7) is 1.98. The molecule has 0 spiro atoms. The Labute approximate surface area is 119 Å². The molecule has 3 rings (SSSR count). The molecule has 0 N–H and O–H groups in total. The Morgan fingerprint density at radius 2 is 1.50 bits per heavy atom. The number of sulfone groups is 1. The summed E-state index contributed by atoms with van der Waals surface area (Å²) in [5, 5.41) is 0. The van der Waals surface area contributed by atoms with E-state index in [-0.39, 0.29) is 0 Å². The van der Waals surface area contributed by atoms with Gasteiger partial charge in [0.2, 0.25) is 0 Å². The molecule has 2 aromatic rings. The first-order chi connectivity index (χ1) is 9.43. The van der Waals surface area contributed by atoms with Gasteiger partial charge in [0.25, 0.3) is 0 Å². The van der Waals surface area contributed by atoms with E-state index < -0.39 is 9.84 Å². The van der Waals surface area contributed by atoms with Gasteiger partial charge in [0.15, 0.2) is 9.84 Å². The van der Waals surface area contributed by atoms with E-state index in [1.54, 1.807) is 12.1 Å². The van der Waals surface area contributed by atoms with Crippen molar-refractivity contribution in [3.05, 3.63) is 53.6 Å². The van der Waals surface area contributed by atoms with E-state index in [1.165, 1.54) is 17.4 Å². The topological polar surface area (TPSA) is 37.4 Å². The van der Waals surface area contributed by atoms with E-state index in [0.29, 0.717) is 4.90 Å². The van der Waals surface area contributed by atoms with Gasteiger partial charge in [-0.1, -0.05) is 24.3 Å². The predicted molar refractivity (Wildman–Crippen MR) is 80.2 cm³/mol. The van der Waals surface area contributed by atoms with Crippen LogP contribution in [0.2, 0.25) is 0 Å². The first kappa shape index (κ1) is 13.3. The van der Waals surface area contributed by atoms with Crippen LogP contribution in [0.1, 0.15) is 11.1 Å². The third-order valence-corrected chi connectivity index (χ3v) is 4.83. The summed E-state index contributed by atoms with van der Waals surface area (Å²) in [7, 11) is -1.01. The average Bonchev–Trinajstić information content (AvgIpc) is 2.77. The highest BCUT2D eigenvalue weighted by Gasteiger charge is 2.16. The maximum atomic E-state index is 11.5. The van der Waals surface area contributed by atoms with Gasteiger partial charge in [-0.2, -0.15) is 0 Å². The minimum atomic E-state index is -3.13. The van der Waals surface area contributed by atoms with E-state index in [0.717, 1.165) is 24.2 Å². The molecular formula is C16H17NO2S. The van der Waals surface area contributed by atoms with Crippen molar-refractivity contribution < 1.29 is 8.42 Å². The molecule has 0 radical (unpaired) electrons. The first-order valence-corrected chi connectivity index (χ1v) is 8.43. The summed E-state index contributed by atoms with van der Waals surface area (Å²) in [6.07, 6.45) is 1.23. The maximum Gasteiger partial charge on any atom is 0.175 e. The Hall–Kier alpha value is -1.65. The molecule has 0 saturated carbocycles. The molecule has 0 fully saturated rings. The predicted octanol–water partition coefficient (Wildman–Crippen LogP) is 2.70. The van der Waals surface area contributed by atoms with Crippen molar-refractivity contribution in [3.63, 3.8) is 0 Å². The van der Waals surface area contributed by atoms with Crippen LogP contribution in [0, 0.1) is 0 Å². The van der Waals surface area contributed by atoms with Gasteiger partial charge in [0, 0.05) is 19.3 Å². The smallest absolute Gasteiger partial charge is 0.175 e. The number of hydrogen-bond donors (Lipinski definition) is 0. The van der Waals surface area contributed by atoms with Crippen molar-refractivity contribution >= 4 is 9.84 Å². The summed E-state index contributed by atoms with van der Waals surface area (Å²) in [6, 6.07) is 13.6. The van der Waals surface area contributed by atoms with Crippen molar-refractivity contribution in [3.8, 4) is 11.1 Å². The summed E-state index contributed by atoms with van der Waals surface area (Å²) >= 11 is 0. The van der Waals surface area contributed by atoms with Crippen LogP contribution in [-0.2, 0) is 22.9 Å². The van der Waals surface area contributed by atoms with E-state index in [1.807, 2.05) is 12.1 Å². The Morgan fingerprint density at radius 3 is 2.15 bits per heavy atom. The molecule has 0 aromatic heterocycles. The molecule has 1 aliphatic rings. The number of hydrogen-bond acceptors (Lipinski definition) is 3. The maximum absolute atomic E-state index is 11.5. The fourth-order valence-electron chi connectivity index (χ4n) is 2.64. The fraction of sp³-hybridized carbons (Fsp3) is 0.250. The molecule has 20 heavy (non-hydrogen) atoms. The van der Waals surface area contributed by atoms with E-state index >= 15 is 0 Å². The van der Waals surface area contributed by atoms with Gasteiger partial charge in [0.1, 0.15) is 0 Å². The average molecular weight is 287 g/mol. The summed E-state index contributed by atoms with van der Waals surface area (Å²) in [5.74, 6) is 0. The summed E-state index contributed by atoms with van der Waals surface area (Å²) in [4.78, 5) is 2.64. The molecular weight excluding hydrogens is 270 g/mol. The molecule has 0 bridgehead atoms. The lowest BCUT2D eigenvalue weighted by atomic mass is 10.0. The summed E-state index contributed by atoms with van der Waals surface area (Å²) < 4.78 is 22.9. The zero-order valence-electron chi connectivity index (χ0n) is 11.6. The SMILES string of the molecule is CN1Cc2ccc(-c3ccc(S(C)(=O)=O)cc3)cc2C1. The first-order valence-electron chi connectivity index (χ1n) is 6.54. The Balaban J connectivity index is 1.96. The number of nitrogens with zero attached hydrogens (tertiary/aromatic N) is 1. The van der Waals surface area contributed by atoms with Gasteiger partial charge in [-0.3, -0.25) is 4.90 Å². The Morgan fingerprint density at radius 1 is 0.900 bits per heavy atom. The zero-order valence-corrected chi connectivity index (χ0v) is 12.4. The molecule has 4 heteroatoms. The van der Waals surface area contributed by atoms with E-state index in [4.69, 9.17) is 0 Å². The minimum Gasteiger partial charge on any atom is -0.298 e.